The quantitative estimate of drug-likeness (QED) is 0.569. The van der Waals surface area contributed by atoms with E-state index in [0.717, 1.165) is 21.7 Å². The third-order valence-electron chi connectivity index (χ3n) is 6.38. The van der Waals surface area contributed by atoms with Gasteiger partial charge in [0.1, 0.15) is 17.7 Å². The topological polar surface area (TPSA) is 112 Å². The van der Waals surface area contributed by atoms with Crippen molar-refractivity contribution >= 4 is 29.2 Å². The van der Waals surface area contributed by atoms with Crippen molar-refractivity contribution in [2.24, 2.45) is 5.41 Å². The minimum atomic E-state index is -0.939. The number of β-amino-alcohol motifs (C(OH)–C–C–N with tert-alkyl or cyclic N) is 1. The van der Waals surface area contributed by atoms with Gasteiger partial charge < -0.3 is 25.0 Å². The summed E-state index contributed by atoms with van der Waals surface area (Å²) in [6.45, 7) is 13.1. The van der Waals surface area contributed by atoms with E-state index in [1.807, 2.05) is 57.5 Å². The summed E-state index contributed by atoms with van der Waals surface area (Å²) in [5.41, 5.74) is 3.44. The molecule has 38 heavy (non-hydrogen) atoms. The summed E-state index contributed by atoms with van der Waals surface area (Å²) in [6, 6.07) is 6.22. The highest BCUT2D eigenvalue weighted by Crippen LogP contribution is 2.29. The maximum Gasteiger partial charge on any atom is 0.408 e. The van der Waals surface area contributed by atoms with Gasteiger partial charge in [-0.1, -0.05) is 45.0 Å². The van der Waals surface area contributed by atoms with E-state index in [4.69, 9.17) is 4.74 Å². The van der Waals surface area contributed by atoms with E-state index in [2.05, 4.69) is 10.3 Å². The van der Waals surface area contributed by atoms with Crippen molar-refractivity contribution in [1.29, 1.82) is 0 Å². The predicted octanol–water partition coefficient (Wildman–Crippen LogP) is 3.98. The van der Waals surface area contributed by atoms with Crippen LogP contribution in [0.25, 0.3) is 10.4 Å². The molecule has 0 aliphatic carbocycles. The van der Waals surface area contributed by atoms with Crippen molar-refractivity contribution in [3.8, 4) is 10.4 Å². The summed E-state index contributed by atoms with van der Waals surface area (Å²) >= 11 is 1.59. The Morgan fingerprint density at radius 2 is 1.82 bits per heavy atom. The maximum atomic E-state index is 13.7. The highest BCUT2D eigenvalue weighted by Gasteiger charge is 2.45. The lowest BCUT2D eigenvalue weighted by atomic mass is 9.85. The van der Waals surface area contributed by atoms with Crippen molar-refractivity contribution in [2.75, 3.05) is 13.6 Å². The van der Waals surface area contributed by atoms with Gasteiger partial charge in [-0.2, -0.15) is 0 Å². The summed E-state index contributed by atoms with van der Waals surface area (Å²) in [4.78, 5) is 48.1. The van der Waals surface area contributed by atoms with E-state index in [1.165, 1.54) is 4.90 Å². The molecule has 1 aromatic carbocycles. The van der Waals surface area contributed by atoms with Crippen LogP contribution in [0.1, 0.15) is 59.2 Å². The van der Waals surface area contributed by atoms with Crippen molar-refractivity contribution < 1.29 is 24.2 Å². The first-order valence-electron chi connectivity index (χ1n) is 12.8. The average molecular weight is 545 g/mol. The molecule has 1 saturated heterocycles. The van der Waals surface area contributed by atoms with Gasteiger partial charge in [-0.3, -0.25) is 9.59 Å². The number of nitrogens with zero attached hydrogens (tertiary/aromatic N) is 3. The molecule has 1 fully saturated rings. The van der Waals surface area contributed by atoms with Crippen molar-refractivity contribution in [3.05, 3.63) is 41.0 Å². The first-order valence-corrected chi connectivity index (χ1v) is 13.7. The second-order valence-electron chi connectivity index (χ2n) is 12.0. The van der Waals surface area contributed by atoms with E-state index in [1.54, 1.807) is 44.1 Å². The van der Waals surface area contributed by atoms with E-state index in [-0.39, 0.29) is 18.9 Å². The Morgan fingerprint density at radius 1 is 1.18 bits per heavy atom. The molecular formula is C28H40N4O5S. The molecule has 0 unspecified atom stereocenters. The van der Waals surface area contributed by atoms with Gasteiger partial charge in [-0.05, 0) is 44.2 Å². The molecule has 3 amide bonds. The smallest absolute Gasteiger partial charge is 0.408 e. The summed E-state index contributed by atoms with van der Waals surface area (Å²) in [7, 11) is 1.69. The number of carbonyl (C=O) groups is 3. The number of thiazole rings is 1. The van der Waals surface area contributed by atoms with E-state index >= 15 is 0 Å². The Kier molecular flexibility index (Phi) is 8.88. The molecule has 1 aromatic heterocycles. The molecule has 3 atom stereocenters. The first kappa shape index (κ1) is 29.6. The molecule has 2 N–H and O–H groups in total. The van der Waals surface area contributed by atoms with E-state index in [9.17, 15) is 19.5 Å². The van der Waals surface area contributed by atoms with Crippen molar-refractivity contribution in [2.45, 2.75) is 85.2 Å². The normalized spacial score (nSPS) is 18.7. The SMILES string of the molecule is Cc1ncsc1-c1ccc(CN(C)C(=O)[C@@H]2C[C@@H](O)CN2C(=O)[C@@H](NC(=O)OC(C)(C)C)C(C)(C)C)cc1. The van der Waals surface area contributed by atoms with Gasteiger partial charge >= 0.3 is 6.09 Å². The number of ether oxygens (including phenoxy) is 1. The fraction of sp³-hybridized carbons (Fsp3) is 0.571. The number of alkyl carbamates (subject to hydrolysis) is 1. The molecule has 1 aliphatic heterocycles. The van der Waals surface area contributed by atoms with Crippen LogP contribution in [0.3, 0.4) is 0 Å². The zero-order chi connectivity index (χ0) is 28.4. The number of amides is 3. The van der Waals surface area contributed by atoms with Crippen molar-refractivity contribution in [1.82, 2.24) is 20.1 Å². The minimum Gasteiger partial charge on any atom is -0.444 e. The molecule has 0 radical (unpaired) electrons. The molecule has 0 spiro atoms. The van der Waals surface area contributed by atoms with Gasteiger partial charge in [0.25, 0.3) is 0 Å². The molecule has 3 rings (SSSR count). The number of hydrogen-bond donors (Lipinski definition) is 2. The summed E-state index contributed by atoms with van der Waals surface area (Å²) in [5, 5.41) is 13.1. The largest absolute Gasteiger partial charge is 0.444 e. The average Bonchev–Trinajstić information content (AvgIpc) is 3.40. The highest BCUT2D eigenvalue weighted by atomic mass is 32.1. The van der Waals surface area contributed by atoms with Crippen LogP contribution < -0.4 is 5.32 Å². The number of hydrogen-bond acceptors (Lipinski definition) is 7. The number of likely N-dealkylation sites (N-methyl/N-ethyl adjacent to an activating group) is 1. The maximum absolute atomic E-state index is 13.7. The zero-order valence-electron chi connectivity index (χ0n) is 23.6. The molecule has 2 aromatic rings. The predicted molar refractivity (Wildman–Crippen MR) is 147 cm³/mol. The number of aliphatic hydroxyl groups is 1. The molecule has 0 bridgehead atoms. The van der Waals surface area contributed by atoms with Gasteiger partial charge in [-0.15, -0.1) is 11.3 Å². The summed E-state index contributed by atoms with van der Waals surface area (Å²) in [5.74, 6) is -0.682. The van der Waals surface area contributed by atoms with Gasteiger partial charge in [0.05, 0.1) is 22.2 Å². The van der Waals surface area contributed by atoms with Crippen LogP contribution in [-0.4, -0.2) is 75.2 Å². The van der Waals surface area contributed by atoms with Gasteiger partial charge in [0.2, 0.25) is 11.8 Å². The number of benzene rings is 1. The molecular weight excluding hydrogens is 504 g/mol. The number of rotatable bonds is 6. The Hall–Kier alpha value is -2.98. The Bertz CT molecular complexity index is 1150. The van der Waals surface area contributed by atoms with E-state index < -0.39 is 41.2 Å². The first-order chi connectivity index (χ1) is 17.6. The Morgan fingerprint density at radius 3 is 2.34 bits per heavy atom. The third kappa shape index (κ3) is 7.32. The molecule has 0 saturated carbocycles. The molecule has 1 aliphatic rings. The van der Waals surface area contributed by atoms with Crippen LogP contribution >= 0.6 is 11.3 Å². The second kappa shape index (κ2) is 11.4. The molecule has 9 nitrogen and oxygen atoms in total. The molecule has 10 heteroatoms. The van der Waals surface area contributed by atoms with Gasteiger partial charge in [-0.25, -0.2) is 9.78 Å². The van der Waals surface area contributed by atoms with Crippen molar-refractivity contribution in [3.63, 3.8) is 0 Å². The van der Waals surface area contributed by atoms with Crippen LogP contribution in [0, 0.1) is 12.3 Å². The number of carbonyl (C=O) groups excluding carboxylic acids is 3. The zero-order valence-corrected chi connectivity index (χ0v) is 24.4. The van der Waals surface area contributed by atoms with Crippen LogP contribution in [0.2, 0.25) is 0 Å². The number of aliphatic hydroxyl groups excluding tert-OH is 1. The third-order valence-corrected chi connectivity index (χ3v) is 7.36. The number of likely N-dealkylation sites (tertiary alicyclic amines) is 1. The monoisotopic (exact) mass is 544 g/mol. The van der Waals surface area contributed by atoms with Crippen LogP contribution in [0.4, 0.5) is 4.79 Å². The van der Waals surface area contributed by atoms with Gasteiger partial charge in [0, 0.05) is 26.6 Å². The fourth-order valence-electron chi connectivity index (χ4n) is 4.48. The number of aryl methyl sites for hydroxylation is 1. The lowest BCUT2D eigenvalue weighted by molar-refractivity contribution is -0.146. The van der Waals surface area contributed by atoms with Crippen LogP contribution in [-0.2, 0) is 20.9 Å². The van der Waals surface area contributed by atoms with Gasteiger partial charge in [0.15, 0.2) is 0 Å². The number of aromatic nitrogens is 1. The highest BCUT2D eigenvalue weighted by molar-refractivity contribution is 7.13. The lowest BCUT2D eigenvalue weighted by Gasteiger charge is -2.36. The Labute approximate surface area is 229 Å². The molecule has 208 valence electrons. The lowest BCUT2D eigenvalue weighted by Crippen LogP contribution is -2.58. The minimum absolute atomic E-state index is 0.0224. The van der Waals surface area contributed by atoms with E-state index in [0.29, 0.717) is 6.54 Å². The fourth-order valence-corrected chi connectivity index (χ4v) is 5.29. The Balaban J connectivity index is 1.73. The van der Waals surface area contributed by atoms with Crippen LogP contribution in [0.15, 0.2) is 29.8 Å². The second-order valence-corrected chi connectivity index (χ2v) is 12.9. The number of nitrogens with one attached hydrogen (secondary N) is 1. The molecule has 2 heterocycles. The standard InChI is InChI=1S/C28H40N4O5S/c1-17-22(38-16-29-17)19-11-9-18(10-12-19)14-31(8)24(34)21-13-20(33)15-32(21)25(35)23(27(2,3)4)30-26(36)37-28(5,6)7/h9-12,16,20-21,23,33H,13-15H2,1-8H3,(H,30,36)/t20-,21+,23-/m1/s1. The summed E-state index contributed by atoms with van der Waals surface area (Å²) in [6.07, 6.45) is -1.39. The summed E-state index contributed by atoms with van der Waals surface area (Å²) < 4.78 is 5.37. The van der Waals surface area contributed by atoms with Crippen LogP contribution in [0.5, 0.6) is 0 Å².